The van der Waals surface area contributed by atoms with E-state index in [2.05, 4.69) is 10.3 Å². The van der Waals surface area contributed by atoms with Crippen LogP contribution in [-0.4, -0.2) is 30.0 Å². The lowest BCUT2D eigenvalue weighted by Gasteiger charge is -2.33. The van der Waals surface area contributed by atoms with Gasteiger partial charge in [0, 0.05) is 18.8 Å². The number of amides is 1. The van der Waals surface area contributed by atoms with Gasteiger partial charge in [-0.05, 0) is 19.1 Å². The third-order valence-corrected chi connectivity index (χ3v) is 2.35. The van der Waals surface area contributed by atoms with Crippen molar-refractivity contribution in [1.82, 2.24) is 10.3 Å². The van der Waals surface area contributed by atoms with E-state index in [1.54, 1.807) is 17.3 Å². The van der Waals surface area contributed by atoms with Crippen molar-refractivity contribution in [3.8, 4) is 0 Å². The molecule has 1 amide bonds. The van der Waals surface area contributed by atoms with Crippen molar-refractivity contribution < 1.29 is 4.79 Å². The summed E-state index contributed by atoms with van der Waals surface area (Å²) < 4.78 is 0. The molecule has 0 bridgehead atoms. The van der Waals surface area contributed by atoms with E-state index in [0.717, 1.165) is 12.2 Å². The number of nitrogens with one attached hydrogen (secondary N) is 1. The fraction of sp³-hybridized carbons (Fsp3) is 0.400. The van der Waals surface area contributed by atoms with Gasteiger partial charge in [0.1, 0.15) is 0 Å². The maximum Gasteiger partial charge on any atom is 0.241 e. The molecule has 74 valence electrons. The Labute approximate surface area is 82.9 Å². The maximum atomic E-state index is 11.6. The normalized spacial score (nSPS) is 22.5. The van der Waals surface area contributed by atoms with Crippen molar-refractivity contribution in [2.45, 2.75) is 13.0 Å². The summed E-state index contributed by atoms with van der Waals surface area (Å²) in [5.41, 5.74) is 0.881. The molecule has 1 atom stereocenters. The Balaban J connectivity index is 2.27. The van der Waals surface area contributed by atoms with E-state index in [1.165, 1.54) is 0 Å². The lowest BCUT2D eigenvalue weighted by atomic mass is 10.2. The molecule has 0 aliphatic carbocycles. The summed E-state index contributed by atoms with van der Waals surface area (Å²) >= 11 is 0. The van der Waals surface area contributed by atoms with E-state index in [4.69, 9.17) is 0 Å². The highest BCUT2D eigenvalue weighted by Crippen LogP contribution is 2.16. The van der Waals surface area contributed by atoms with Crippen LogP contribution in [0.5, 0.6) is 0 Å². The molecule has 0 radical (unpaired) electrons. The van der Waals surface area contributed by atoms with Crippen LogP contribution in [0.25, 0.3) is 0 Å². The van der Waals surface area contributed by atoms with Gasteiger partial charge in [-0.3, -0.25) is 9.78 Å². The number of aromatic nitrogens is 1. The maximum absolute atomic E-state index is 11.6. The fourth-order valence-corrected chi connectivity index (χ4v) is 1.70. The lowest BCUT2D eigenvalue weighted by molar-refractivity contribution is -0.119. The first kappa shape index (κ1) is 9.15. The predicted octanol–water partition coefficient (Wildman–Crippen LogP) is 0.406. The number of carbonyl (C=O) groups excluding carboxylic acids is 1. The second-order valence-electron chi connectivity index (χ2n) is 3.45. The first-order chi connectivity index (χ1) is 6.79. The summed E-state index contributed by atoms with van der Waals surface area (Å²) in [4.78, 5) is 17.5. The van der Waals surface area contributed by atoms with Gasteiger partial charge >= 0.3 is 0 Å². The molecule has 0 aromatic carbocycles. The van der Waals surface area contributed by atoms with Crippen LogP contribution in [0.1, 0.15) is 6.92 Å². The van der Waals surface area contributed by atoms with Gasteiger partial charge in [0.05, 0.1) is 18.4 Å². The number of rotatable bonds is 1. The van der Waals surface area contributed by atoms with Crippen molar-refractivity contribution in [2.24, 2.45) is 0 Å². The molecule has 1 aromatic rings. The van der Waals surface area contributed by atoms with E-state index in [0.29, 0.717) is 6.54 Å². The molecular weight excluding hydrogens is 178 g/mol. The van der Waals surface area contributed by atoms with Crippen LogP contribution in [0.15, 0.2) is 24.5 Å². The molecule has 1 fully saturated rings. The largest absolute Gasteiger partial charge is 0.306 e. The van der Waals surface area contributed by atoms with Gasteiger partial charge in [0.25, 0.3) is 0 Å². The SMILES string of the molecule is CC1CNCC(=O)N1c1cccnc1. The zero-order chi connectivity index (χ0) is 9.97. The molecule has 2 heterocycles. The smallest absolute Gasteiger partial charge is 0.241 e. The molecule has 14 heavy (non-hydrogen) atoms. The molecule has 1 aliphatic heterocycles. The minimum Gasteiger partial charge on any atom is -0.306 e. The molecule has 2 rings (SSSR count). The molecule has 4 heteroatoms. The van der Waals surface area contributed by atoms with Crippen LogP contribution in [0.4, 0.5) is 5.69 Å². The van der Waals surface area contributed by atoms with Crippen LogP contribution in [0.2, 0.25) is 0 Å². The van der Waals surface area contributed by atoms with E-state index >= 15 is 0 Å². The van der Waals surface area contributed by atoms with Crippen molar-refractivity contribution >= 4 is 11.6 Å². The standard InChI is InChI=1S/C10H13N3O/c1-8-5-12-7-10(14)13(8)9-3-2-4-11-6-9/h2-4,6,8,12H,5,7H2,1H3. The van der Waals surface area contributed by atoms with E-state index < -0.39 is 0 Å². The number of carbonyl (C=O) groups is 1. The highest BCUT2D eigenvalue weighted by Gasteiger charge is 2.25. The minimum atomic E-state index is 0.108. The Morgan fingerprint density at radius 1 is 1.64 bits per heavy atom. The summed E-state index contributed by atoms with van der Waals surface area (Å²) in [5, 5.41) is 3.07. The summed E-state index contributed by atoms with van der Waals surface area (Å²) in [6.45, 7) is 3.27. The molecule has 1 aliphatic rings. The van der Waals surface area contributed by atoms with Crippen molar-refractivity contribution in [1.29, 1.82) is 0 Å². The third-order valence-electron chi connectivity index (χ3n) is 2.35. The Morgan fingerprint density at radius 2 is 2.50 bits per heavy atom. The first-order valence-electron chi connectivity index (χ1n) is 4.72. The van der Waals surface area contributed by atoms with E-state index in [9.17, 15) is 4.79 Å². The average molecular weight is 191 g/mol. The Bertz CT molecular complexity index is 325. The number of nitrogens with zero attached hydrogens (tertiary/aromatic N) is 2. The minimum absolute atomic E-state index is 0.108. The van der Waals surface area contributed by atoms with Crippen LogP contribution in [-0.2, 0) is 4.79 Å². The Hall–Kier alpha value is -1.42. The monoisotopic (exact) mass is 191 g/mol. The lowest BCUT2D eigenvalue weighted by Crippen LogP contribution is -2.53. The molecule has 1 unspecified atom stereocenters. The van der Waals surface area contributed by atoms with Gasteiger partial charge in [0.15, 0.2) is 0 Å². The third kappa shape index (κ3) is 1.61. The zero-order valence-electron chi connectivity index (χ0n) is 8.10. The van der Waals surface area contributed by atoms with Gasteiger partial charge in [-0.15, -0.1) is 0 Å². The molecule has 4 nitrogen and oxygen atoms in total. The number of piperazine rings is 1. The number of anilines is 1. The first-order valence-corrected chi connectivity index (χ1v) is 4.72. The molecular formula is C10H13N3O. The second kappa shape index (κ2) is 3.75. The van der Waals surface area contributed by atoms with E-state index in [1.807, 2.05) is 19.1 Å². The van der Waals surface area contributed by atoms with Crippen LogP contribution in [0.3, 0.4) is 0 Å². The predicted molar refractivity (Wildman–Crippen MR) is 54.1 cm³/mol. The fourth-order valence-electron chi connectivity index (χ4n) is 1.70. The summed E-state index contributed by atoms with van der Waals surface area (Å²) in [7, 11) is 0. The van der Waals surface area contributed by atoms with Crippen LogP contribution < -0.4 is 10.2 Å². The van der Waals surface area contributed by atoms with Gasteiger partial charge in [0.2, 0.25) is 5.91 Å². The number of pyridine rings is 1. The Kier molecular flexibility index (Phi) is 2.45. The molecule has 1 aromatic heterocycles. The second-order valence-corrected chi connectivity index (χ2v) is 3.45. The Morgan fingerprint density at radius 3 is 3.14 bits per heavy atom. The van der Waals surface area contributed by atoms with Crippen molar-refractivity contribution in [2.75, 3.05) is 18.0 Å². The average Bonchev–Trinajstić information content (AvgIpc) is 2.19. The van der Waals surface area contributed by atoms with Gasteiger partial charge in [-0.25, -0.2) is 0 Å². The summed E-state index contributed by atoms with van der Waals surface area (Å²) in [6, 6.07) is 3.95. The quantitative estimate of drug-likeness (QED) is 0.699. The van der Waals surface area contributed by atoms with E-state index in [-0.39, 0.29) is 11.9 Å². The molecule has 1 N–H and O–H groups in total. The van der Waals surface area contributed by atoms with Gasteiger partial charge in [-0.1, -0.05) is 0 Å². The number of hydrogen-bond acceptors (Lipinski definition) is 3. The van der Waals surface area contributed by atoms with Gasteiger partial charge < -0.3 is 10.2 Å². The van der Waals surface area contributed by atoms with Crippen molar-refractivity contribution in [3.05, 3.63) is 24.5 Å². The van der Waals surface area contributed by atoms with Crippen molar-refractivity contribution in [3.63, 3.8) is 0 Å². The zero-order valence-corrected chi connectivity index (χ0v) is 8.10. The van der Waals surface area contributed by atoms with Crippen LogP contribution >= 0.6 is 0 Å². The highest BCUT2D eigenvalue weighted by molar-refractivity contribution is 5.95. The summed E-state index contributed by atoms with van der Waals surface area (Å²) in [6.07, 6.45) is 3.43. The highest BCUT2D eigenvalue weighted by atomic mass is 16.2. The molecule has 1 saturated heterocycles. The summed E-state index contributed by atoms with van der Waals surface area (Å²) in [5.74, 6) is 0.108. The van der Waals surface area contributed by atoms with Crippen LogP contribution in [0, 0.1) is 0 Å². The topological polar surface area (TPSA) is 45.2 Å². The molecule has 0 spiro atoms. The molecule has 0 saturated carbocycles. The number of hydrogen-bond donors (Lipinski definition) is 1. The van der Waals surface area contributed by atoms with Gasteiger partial charge in [-0.2, -0.15) is 0 Å².